The van der Waals surface area contributed by atoms with Crippen molar-refractivity contribution in [1.29, 1.82) is 5.26 Å². The molecule has 0 spiro atoms. The van der Waals surface area contributed by atoms with Gasteiger partial charge in [-0.25, -0.2) is 4.79 Å². The van der Waals surface area contributed by atoms with E-state index in [0.29, 0.717) is 30.0 Å². The van der Waals surface area contributed by atoms with Crippen molar-refractivity contribution < 1.29 is 9.53 Å². The summed E-state index contributed by atoms with van der Waals surface area (Å²) in [4.78, 5) is 12.4. The number of carbonyl (C=O) groups is 1. The minimum absolute atomic E-state index is 0.323. The molecule has 0 aliphatic heterocycles. The fraction of sp³-hybridized carbons (Fsp3) is 0.333. The van der Waals surface area contributed by atoms with Crippen molar-refractivity contribution in [2.45, 2.75) is 18.2 Å². The number of thioether (sulfide) groups is 1. The Morgan fingerprint density at radius 2 is 2.35 bits per heavy atom. The number of esters is 1. The topological polar surface area (TPSA) is 76.1 Å². The molecular formula is C12H14N2O2S. The number of nitrogen functional groups attached to an aromatic ring is 1. The number of hydrogen-bond donors (Lipinski definition) is 1. The predicted molar refractivity (Wildman–Crippen MR) is 67.8 cm³/mol. The van der Waals surface area contributed by atoms with Crippen LogP contribution in [0.2, 0.25) is 0 Å². The molecule has 0 saturated carbocycles. The fourth-order valence-electron chi connectivity index (χ4n) is 1.26. The van der Waals surface area contributed by atoms with Crippen molar-refractivity contribution in [2.75, 3.05) is 18.1 Å². The number of nitrogens with zero attached hydrogens (tertiary/aromatic N) is 1. The zero-order valence-electron chi connectivity index (χ0n) is 9.60. The standard InChI is InChI=1S/C12H14N2O2S/c1-2-16-12(15)9-5-3-6-10(11(9)14)17-8-4-7-13/h3,5-6H,2,4,8,14H2,1H3. The highest BCUT2D eigenvalue weighted by atomic mass is 32.2. The Kier molecular flexibility index (Phi) is 5.37. The lowest BCUT2D eigenvalue weighted by Gasteiger charge is -2.09. The molecule has 4 nitrogen and oxygen atoms in total. The van der Waals surface area contributed by atoms with Crippen LogP contribution in [0.3, 0.4) is 0 Å². The molecule has 2 N–H and O–H groups in total. The largest absolute Gasteiger partial charge is 0.462 e. The first-order valence-corrected chi connectivity index (χ1v) is 6.24. The van der Waals surface area contributed by atoms with Crippen LogP contribution in [0.4, 0.5) is 5.69 Å². The van der Waals surface area contributed by atoms with Gasteiger partial charge >= 0.3 is 5.97 Å². The van der Waals surface area contributed by atoms with Crippen LogP contribution in [-0.4, -0.2) is 18.3 Å². The first kappa shape index (κ1) is 13.4. The van der Waals surface area contributed by atoms with Gasteiger partial charge in [0, 0.05) is 17.1 Å². The summed E-state index contributed by atoms with van der Waals surface area (Å²) in [5.74, 6) is 0.250. The molecule has 0 bridgehead atoms. The molecule has 1 aromatic rings. The molecule has 0 aliphatic carbocycles. The number of carbonyl (C=O) groups excluding carboxylic acids is 1. The van der Waals surface area contributed by atoms with Crippen LogP contribution in [0.15, 0.2) is 23.1 Å². The number of nitrogens with two attached hydrogens (primary N) is 1. The summed E-state index contributed by atoms with van der Waals surface area (Å²) in [6.07, 6.45) is 0.452. The summed E-state index contributed by atoms with van der Waals surface area (Å²) in [5.41, 5.74) is 6.70. The molecule has 5 heteroatoms. The summed E-state index contributed by atoms with van der Waals surface area (Å²) >= 11 is 1.47. The van der Waals surface area contributed by atoms with Crippen molar-refractivity contribution in [3.63, 3.8) is 0 Å². The smallest absolute Gasteiger partial charge is 0.340 e. The van der Waals surface area contributed by atoms with Gasteiger partial charge in [0.2, 0.25) is 0 Å². The van der Waals surface area contributed by atoms with Crippen molar-refractivity contribution in [3.05, 3.63) is 23.8 Å². The average molecular weight is 250 g/mol. The van der Waals surface area contributed by atoms with Gasteiger partial charge in [-0.1, -0.05) is 6.07 Å². The van der Waals surface area contributed by atoms with Gasteiger partial charge in [-0.15, -0.1) is 11.8 Å². The Balaban J connectivity index is 2.84. The highest BCUT2D eigenvalue weighted by Gasteiger charge is 2.13. The number of nitriles is 1. The third-order valence-corrected chi connectivity index (χ3v) is 3.11. The molecule has 0 amide bonds. The first-order valence-electron chi connectivity index (χ1n) is 5.26. The summed E-state index contributed by atoms with van der Waals surface area (Å²) in [7, 11) is 0. The van der Waals surface area contributed by atoms with Gasteiger partial charge in [0.1, 0.15) is 0 Å². The van der Waals surface area contributed by atoms with Crippen LogP contribution >= 0.6 is 11.8 Å². The third kappa shape index (κ3) is 3.68. The normalized spacial score (nSPS) is 9.65. The Hall–Kier alpha value is -1.67. The van der Waals surface area contributed by atoms with Crippen molar-refractivity contribution >= 4 is 23.4 Å². The fourth-order valence-corrected chi connectivity index (χ4v) is 2.12. The van der Waals surface area contributed by atoms with Gasteiger partial charge in [-0.2, -0.15) is 5.26 Å². The number of ether oxygens (including phenoxy) is 1. The minimum Gasteiger partial charge on any atom is -0.462 e. The minimum atomic E-state index is -0.410. The van der Waals surface area contributed by atoms with Crippen LogP contribution in [0.25, 0.3) is 0 Å². The van der Waals surface area contributed by atoms with E-state index in [9.17, 15) is 4.79 Å². The molecule has 0 radical (unpaired) electrons. The Labute approximate surface area is 105 Å². The summed E-state index contributed by atoms with van der Waals surface area (Å²) in [5, 5.41) is 8.46. The van der Waals surface area contributed by atoms with Crippen LogP contribution in [0.1, 0.15) is 23.7 Å². The number of para-hydroxylation sites is 1. The second kappa shape index (κ2) is 6.81. The van der Waals surface area contributed by atoms with E-state index in [1.807, 2.05) is 6.07 Å². The second-order valence-electron chi connectivity index (χ2n) is 3.19. The van der Waals surface area contributed by atoms with E-state index < -0.39 is 5.97 Å². The van der Waals surface area contributed by atoms with Crippen molar-refractivity contribution in [3.8, 4) is 6.07 Å². The summed E-state index contributed by atoms with van der Waals surface area (Å²) in [6, 6.07) is 7.30. The molecule has 17 heavy (non-hydrogen) atoms. The van der Waals surface area contributed by atoms with Crippen LogP contribution in [-0.2, 0) is 4.74 Å². The molecule has 0 heterocycles. The highest BCUT2D eigenvalue weighted by Crippen LogP contribution is 2.28. The SMILES string of the molecule is CCOC(=O)c1cccc(SCCC#N)c1N. The molecular weight excluding hydrogens is 236 g/mol. The lowest BCUT2D eigenvalue weighted by atomic mass is 10.2. The molecule has 0 aliphatic rings. The maximum atomic E-state index is 11.6. The van der Waals surface area contributed by atoms with Gasteiger partial charge in [0.05, 0.1) is 23.9 Å². The van der Waals surface area contributed by atoms with E-state index >= 15 is 0 Å². The monoisotopic (exact) mass is 250 g/mol. The third-order valence-electron chi connectivity index (χ3n) is 2.03. The van der Waals surface area contributed by atoms with Crippen molar-refractivity contribution in [1.82, 2.24) is 0 Å². The molecule has 0 atom stereocenters. The van der Waals surface area contributed by atoms with E-state index in [2.05, 4.69) is 6.07 Å². The van der Waals surface area contributed by atoms with E-state index in [1.165, 1.54) is 11.8 Å². The lowest BCUT2D eigenvalue weighted by Crippen LogP contribution is -2.08. The number of anilines is 1. The number of hydrogen-bond acceptors (Lipinski definition) is 5. The molecule has 0 aromatic heterocycles. The maximum Gasteiger partial charge on any atom is 0.340 e. The van der Waals surface area contributed by atoms with E-state index in [-0.39, 0.29) is 0 Å². The van der Waals surface area contributed by atoms with Crippen LogP contribution < -0.4 is 5.73 Å². The molecule has 90 valence electrons. The summed E-state index contributed by atoms with van der Waals surface area (Å²) < 4.78 is 4.91. The van der Waals surface area contributed by atoms with Gasteiger partial charge in [0.15, 0.2) is 0 Å². The molecule has 0 unspecified atom stereocenters. The molecule has 1 aromatic carbocycles. The van der Waals surface area contributed by atoms with Gasteiger partial charge in [-0.3, -0.25) is 0 Å². The Bertz CT molecular complexity index is 441. The molecule has 0 fully saturated rings. The second-order valence-corrected chi connectivity index (χ2v) is 4.33. The van der Waals surface area contributed by atoms with Crippen molar-refractivity contribution in [2.24, 2.45) is 0 Å². The quantitative estimate of drug-likeness (QED) is 0.376. The van der Waals surface area contributed by atoms with Gasteiger partial charge < -0.3 is 10.5 Å². The Morgan fingerprint density at radius 1 is 1.59 bits per heavy atom. The lowest BCUT2D eigenvalue weighted by molar-refractivity contribution is 0.0527. The molecule has 1 rings (SSSR count). The zero-order valence-corrected chi connectivity index (χ0v) is 10.4. The van der Waals surface area contributed by atoms with Gasteiger partial charge in [0.25, 0.3) is 0 Å². The van der Waals surface area contributed by atoms with Gasteiger partial charge in [-0.05, 0) is 19.1 Å². The Morgan fingerprint density at radius 3 is 3.00 bits per heavy atom. The highest BCUT2D eigenvalue weighted by molar-refractivity contribution is 7.99. The summed E-state index contributed by atoms with van der Waals surface area (Å²) in [6.45, 7) is 2.07. The van der Waals surface area contributed by atoms with E-state index in [4.69, 9.17) is 15.7 Å². The van der Waals surface area contributed by atoms with Crippen LogP contribution in [0, 0.1) is 11.3 Å². The average Bonchev–Trinajstić information content (AvgIpc) is 2.32. The molecule has 0 saturated heterocycles. The number of benzene rings is 1. The van der Waals surface area contributed by atoms with Crippen LogP contribution in [0.5, 0.6) is 0 Å². The number of rotatable bonds is 5. The predicted octanol–water partition coefficient (Wildman–Crippen LogP) is 2.45. The first-order chi connectivity index (χ1) is 8.20. The van der Waals surface area contributed by atoms with E-state index in [1.54, 1.807) is 19.1 Å². The maximum absolute atomic E-state index is 11.6. The zero-order chi connectivity index (χ0) is 12.7. The van der Waals surface area contributed by atoms with E-state index in [0.717, 1.165) is 4.90 Å².